The first-order valence-corrected chi connectivity index (χ1v) is 17.7. The van der Waals surface area contributed by atoms with Crippen LogP contribution in [-0.2, 0) is 19.2 Å². The molecular weight excluding hydrogens is 668 g/mol. The number of aliphatic carboxylic acids is 1. The number of hydrogen-bond acceptors (Lipinski definition) is 7. The van der Waals surface area contributed by atoms with Crippen molar-refractivity contribution in [3.05, 3.63) is 95.6 Å². The van der Waals surface area contributed by atoms with E-state index in [1.807, 2.05) is 13.8 Å². The fourth-order valence-corrected chi connectivity index (χ4v) is 7.04. The van der Waals surface area contributed by atoms with Crippen LogP contribution in [0.25, 0.3) is 0 Å². The van der Waals surface area contributed by atoms with Crippen molar-refractivity contribution in [1.82, 2.24) is 10.6 Å². The standard InChI is InChI=1S/C37H43F2N3O7S/c1-3-5-19-37(36(47)48,20-6-4-2)41-31(44)21-40-32(45)22-49-29-17-9-25(10-18-29)33-34(35(46)42(33)28-15-13-27(39)14-16-28)50-23-30(43)24-7-11-26(38)12-8-24/h7-18,30,33-34,43H,3-6,19-23H2,1-2H3,(H,40,45)(H,41,44)(H,47,48)/t30?,33?,34-/m1/s1. The summed E-state index contributed by atoms with van der Waals surface area (Å²) >= 11 is 1.26. The number of thioether (sulfide) groups is 1. The maximum atomic E-state index is 13.7. The molecular formula is C37H43F2N3O7S. The predicted octanol–water partition coefficient (Wildman–Crippen LogP) is 5.70. The number of β-lactam (4-membered cyclic amide) rings is 1. The van der Waals surface area contributed by atoms with Gasteiger partial charge in [0, 0.05) is 11.4 Å². The molecule has 50 heavy (non-hydrogen) atoms. The molecule has 0 bridgehead atoms. The Morgan fingerprint density at radius 1 is 0.900 bits per heavy atom. The number of hydrogen-bond donors (Lipinski definition) is 4. The Balaban J connectivity index is 1.36. The molecule has 13 heteroatoms. The second kappa shape index (κ2) is 18.0. The summed E-state index contributed by atoms with van der Waals surface area (Å²) in [5.41, 5.74) is 0.388. The summed E-state index contributed by atoms with van der Waals surface area (Å²) in [6.45, 7) is 3.09. The van der Waals surface area contributed by atoms with Gasteiger partial charge in [-0.1, -0.05) is 63.8 Å². The van der Waals surface area contributed by atoms with Crippen molar-refractivity contribution in [2.75, 3.05) is 23.8 Å². The minimum absolute atomic E-state index is 0.179. The number of carbonyl (C=O) groups is 4. The van der Waals surface area contributed by atoms with Crippen molar-refractivity contribution in [3.63, 3.8) is 0 Å². The number of rotatable bonds is 19. The number of nitrogens with one attached hydrogen (secondary N) is 2. The van der Waals surface area contributed by atoms with E-state index >= 15 is 0 Å². The third kappa shape index (κ3) is 9.81. The lowest BCUT2D eigenvalue weighted by Gasteiger charge is -2.47. The highest BCUT2D eigenvalue weighted by molar-refractivity contribution is 8.00. The highest BCUT2D eigenvalue weighted by Gasteiger charge is 2.49. The van der Waals surface area contributed by atoms with Crippen LogP contribution in [0.1, 0.15) is 75.6 Å². The average Bonchev–Trinajstić information content (AvgIpc) is 3.11. The zero-order chi connectivity index (χ0) is 36.3. The van der Waals surface area contributed by atoms with Gasteiger partial charge in [0.05, 0.1) is 18.7 Å². The van der Waals surface area contributed by atoms with Gasteiger partial charge in [0.1, 0.15) is 28.2 Å². The lowest BCUT2D eigenvalue weighted by Crippen LogP contribution is -2.57. The largest absolute Gasteiger partial charge is 0.484 e. The molecule has 0 aliphatic carbocycles. The lowest BCUT2D eigenvalue weighted by atomic mass is 9.87. The van der Waals surface area contributed by atoms with Gasteiger partial charge in [-0.2, -0.15) is 0 Å². The third-order valence-corrected chi connectivity index (χ3v) is 9.91. The van der Waals surface area contributed by atoms with Crippen molar-refractivity contribution >= 4 is 41.1 Å². The highest BCUT2D eigenvalue weighted by Crippen LogP contribution is 2.46. The zero-order valence-electron chi connectivity index (χ0n) is 28.1. The topological polar surface area (TPSA) is 145 Å². The maximum Gasteiger partial charge on any atom is 0.329 e. The molecule has 1 heterocycles. The number of carbonyl (C=O) groups excluding carboxylic acids is 3. The number of anilines is 1. The fourth-order valence-electron chi connectivity index (χ4n) is 5.74. The average molecular weight is 712 g/mol. The van der Waals surface area contributed by atoms with Gasteiger partial charge in [-0.05, 0) is 72.5 Å². The Kier molecular flexibility index (Phi) is 13.8. The van der Waals surface area contributed by atoms with Crippen LogP contribution < -0.4 is 20.3 Å². The number of unbranched alkanes of at least 4 members (excludes halogenated alkanes) is 2. The van der Waals surface area contributed by atoms with E-state index in [4.69, 9.17) is 4.74 Å². The van der Waals surface area contributed by atoms with E-state index in [1.54, 1.807) is 29.2 Å². The molecule has 3 aromatic rings. The van der Waals surface area contributed by atoms with E-state index < -0.39 is 65.5 Å². The molecule has 268 valence electrons. The molecule has 10 nitrogen and oxygen atoms in total. The van der Waals surface area contributed by atoms with E-state index in [2.05, 4.69) is 10.6 Å². The number of amides is 3. The van der Waals surface area contributed by atoms with Crippen molar-refractivity contribution < 1.29 is 42.9 Å². The van der Waals surface area contributed by atoms with E-state index in [9.17, 15) is 38.2 Å². The molecule has 1 aliphatic rings. The molecule has 2 unspecified atom stereocenters. The van der Waals surface area contributed by atoms with Crippen LogP contribution in [0.3, 0.4) is 0 Å². The molecule has 1 saturated heterocycles. The number of nitrogens with zero attached hydrogens (tertiary/aromatic N) is 1. The van der Waals surface area contributed by atoms with Crippen LogP contribution in [0, 0.1) is 11.6 Å². The Morgan fingerprint density at radius 3 is 2.04 bits per heavy atom. The highest BCUT2D eigenvalue weighted by atomic mass is 32.2. The summed E-state index contributed by atoms with van der Waals surface area (Å²) in [6, 6.07) is 17.4. The van der Waals surface area contributed by atoms with Gasteiger partial charge in [-0.3, -0.25) is 14.4 Å². The number of aliphatic hydroxyl groups excluding tert-OH is 1. The molecule has 1 aliphatic heterocycles. The molecule has 4 N–H and O–H groups in total. The van der Waals surface area contributed by atoms with E-state index in [0.717, 1.165) is 18.4 Å². The van der Waals surface area contributed by atoms with E-state index in [-0.39, 0.29) is 11.7 Å². The zero-order valence-corrected chi connectivity index (χ0v) is 28.9. The molecule has 3 aromatic carbocycles. The Bertz CT molecular complexity index is 1600. The summed E-state index contributed by atoms with van der Waals surface area (Å²) < 4.78 is 32.6. The van der Waals surface area contributed by atoms with Gasteiger partial charge in [0.2, 0.25) is 11.8 Å². The van der Waals surface area contributed by atoms with Crippen LogP contribution in [-0.4, -0.2) is 63.6 Å². The van der Waals surface area contributed by atoms with Gasteiger partial charge >= 0.3 is 5.97 Å². The third-order valence-electron chi connectivity index (χ3n) is 8.58. The molecule has 3 amide bonds. The van der Waals surface area contributed by atoms with Gasteiger partial charge in [0.25, 0.3) is 5.91 Å². The van der Waals surface area contributed by atoms with Crippen LogP contribution in [0.15, 0.2) is 72.8 Å². The fraction of sp³-hybridized carbons (Fsp3) is 0.405. The van der Waals surface area contributed by atoms with E-state index in [1.165, 1.54) is 60.3 Å². The van der Waals surface area contributed by atoms with Gasteiger partial charge in [-0.15, -0.1) is 11.8 Å². The first-order chi connectivity index (χ1) is 24.0. The quantitative estimate of drug-likeness (QED) is 0.116. The summed E-state index contributed by atoms with van der Waals surface area (Å²) in [5, 5.41) is 25.1. The van der Waals surface area contributed by atoms with Crippen molar-refractivity contribution in [2.24, 2.45) is 0 Å². The lowest BCUT2D eigenvalue weighted by molar-refractivity contribution is -0.148. The van der Waals surface area contributed by atoms with Crippen LogP contribution >= 0.6 is 11.8 Å². The van der Waals surface area contributed by atoms with Crippen LogP contribution in [0.2, 0.25) is 0 Å². The number of carboxylic acids is 1. The SMILES string of the molecule is CCCCC(CCCC)(NC(=O)CNC(=O)COc1ccc(C2[C@@H](SCC(O)c3ccc(F)cc3)C(=O)N2c2ccc(F)cc2)cc1)C(=O)O. The van der Waals surface area contributed by atoms with Gasteiger partial charge < -0.3 is 30.5 Å². The number of carboxylic acid groups (broad SMARTS) is 1. The Morgan fingerprint density at radius 2 is 1.48 bits per heavy atom. The van der Waals surface area contributed by atoms with Gasteiger partial charge in [0.15, 0.2) is 6.61 Å². The molecule has 4 rings (SSSR count). The molecule has 3 atom stereocenters. The molecule has 0 aromatic heterocycles. The minimum Gasteiger partial charge on any atom is -0.484 e. The monoisotopic (exact) mass is 711 g/mol. The van der Waals surface area contributed by atoms with Crippen molar-refractivity contribution in [3.8, 4) is 5.75 Å². The second-order valence-corrected chi connectivity index (χ2v) is 13.4. The predicted molar refractivity (Wildman–Crippen MR) is 187 cm³/mol. The summed E-state index contributed by atoms with van der Waals surface area (Å²) in [5.74, 6) is -2.80. The van der Waals surface area contributed by atoms with Crippen molar-refractivity contribution in [1.29, 1.82) is 0 Å². The normalized spacial score (nSPS) is 16.3. The number of ether oxygens (including phenoxy) is 1. The van der Waals surface area contributed by atoms with Crippen molar-refractivity contribution in [2.45, 2.75) is 75.3 Å². The number of benzene rings is 3. The van der Waals surface area contributed by atoms with Crippen LogP contribution in [0.5, 0.6) is 5.75 Å². The molecule has 0 radical (unpaired) electrons. The second-order valence-electron chi connectivity index (χ2n) is 12.2. The van der Waals surface area contributed by atoms with Crippen LogP contribution in [0.4, 0.5) is 14.5 Å². The maximum absolute atomic E-state index is 13.7. The van der Waals surface area contributed by atoms with Gasteiger partial charge in [-0.25, -0.2) is 13.6 Å². The number of aliphatic hydroxyl groups is 1. The summed E-state index contributed by atoms with van der Waals surface area (Å²) in [7, 11) is 0. The first kappa shape index (κ1) is 38.3. The smallest absolute Gasteiger partial charge is 0.329 e. The summed E-state index contributed by atoms with van der Waals surface area (Å²) in [4.78, 5) is 52.2. The Hall–Kier alpha value is -4.49. The van der Waals surface area contributed by atoms with E-state index in [0.29, 0.717) is 42.7 Å². The first-order valence-electron chi connectivity index (χ1n) is 16.7. The minimum atomic E-state index is -1.39. The number of halogens is 2. The molecule has 0 spiro atoms. The molecule has 1 fully saturated rings. The Labute approximate surface area is 294 Å². The molecule has 0 saturated carbocycles. The summed E-state index contributed by atoms with van der Waals surface area (Å²) in [6.07, 6.45) is 2.49.